The molecule has 0 amide bonds. The summed E-state index contributed by atoms with van der Waals surface area (Å²) in [5, 5.41) is 1.97. The lowest BCUT2D eigenvalue weighted by molar-refractivity contribution is -0.143. The zero-order valence-electron chi connectivity index (χ0n) is 14.4. The highest BCUT2D eigenvalue weighted by Gasteiger charge is 2.08. The number of unbranched alkanes of at least 4 members (excludes halogenated alkanes) is 1. The van der Waals surface area contributed by atoms with Crippen molar-refractivity contribution < 1.29 is 19.1 Å². The van der Waals surface area contributed by atoms with Crippen molar-refractivity contribution in [2.75, 3.05) is 13.2 Å². The fraction of sp³-hybridized carbons (Fsp3) is 0.333. The molecule has 4 nitrogen and oxygen atoms in total. The van der Waals surface area contributed by atoms with Gasteiger partial charge in [-0.3, -0.25) is 9.59 Å². The lowest BCUT2D eigenvalue weighted by Crippen LogP contribution is -2.04. The minimum absolute atomic E-state index is 0.0819. The number of carbonyl (C=O) groups is 2. The molecule has 130 valence electrons. The van der Waals surface area contributed by atoms with E-state index in [1.165, 1.54) is 0 Å². The molecule has 25 heavy (non-hydrogen) atoms. The summed E-state index contributed by atoms with van der Waals surface area (Å²) >= 11 is 0. The Morgan fingerprint density at radius 2 is 1.76 bits per heavy atom. The maximum Gasteiger partial charge on any atom is 0.305 e. The number of esters is 1. The van der Waals surface area contributed by atoms with E-state index < -0.39 is 0 Å². The summed E-state index contributed by atoms with van der Waals surface area (Å²) in [6.45, 7) is 2.41. The average molecular weight is 338 g/mol. The minimum atomic E-state index is -0.205. The molecule has 2 aromatic carbocycles. The van der Waals surface area contributed by atoms with Crippen molar-refractivity contribution >= 4 is 22.5 Å². The van der Waals surface area contributed by atoms with E-state index in [9.17, 15) is 9.59 Å². The van der Waals surface area contributed by atoms with Gasteiger partial charge in [0.2, 0.25) is 0 Å². The molecule has 0 heterocycles. The van der Waals surface area contributed by atoms with E-state index in [1.54, 1.807) is 6.92 Å². The van der Waals surface area contributed by atoms with Crippen molar-refractivity contribution in [3.8, 4) is 18.1 Å². The van der Waals surface area contributed by atoms with Crippen molar-refractivity contribution in [2.24, 2.45) is 0 Å². The number of hydrogen-bond acceptors (Lipinski definition) is 4. The molecule has 0 unspecified atom stereocenters. The maximum atomic E-state index is 12.3. The maximum absolute atomic E-state index is 12.3. The Morgan fingerprint density at radius 1 is 1.04 bits per heavy atom. The van der Waals surface area contributed by atoms with Crippen molar-refractivity contribution in [3.63, 3.8) is 0 Å². The monoisotopic (exact) mass is 338 g/mol. The lowest BCUT2D eigenvalue weighted by atomic mass is 10.0. The summed E-state index contributed by atoms with van der Waals surface area (Å²) in [7, 11) is 0. The second-order valence-corrected chi connectivity index (χ2v) is 5.65. The fourth-order valence-corrected chi connectivity index (χ4v) is 2.54. The Hall–Kier alpha value is -2.80. The first kappa shape index (κ1) is 18.5. The van der Waals surface area contributed by atoms with Crippen LogP contribution in [0.25, 0.3) is 10.8 Å². The molecule has 0 aliphatic carbocycles. The van der Waals surface area contributed by atoms with Gasteiger partial charge in [0, 0.05) is 18.4 Å². The number of fused-ring (bicyclic) bond motifs is 1. The molecule has 0 saturated heterocycles. The van der Waals surface area contributed by atoms with Crippen LogP contribution in [-0.2, 0) is 9.53 Å². The lowest BCUT2D eigenvalue weighted by Gasteiger charge is -2.06. The summed E-state index contributed by atoms with van der Waals surface area (Å²) in [6, 6.07) is 11.3. The van der Waals surface area contributed by atoms with Gasteiger partial charge in [0.1, 0.15) is 12.4 Å². The molecule has 4 heteroatoms. The third-order valence-electron chi connectivity index (χ3n) is 3.80. The van der Waals surface area contributed by atoms with E-state index in [0.29, 0.717) is 43.6 Å². The molecule has 0 aromatic heterocycles. The highest BCUT2D eigenvalue weighted by atomic mass is 16.5. The van der Waals surface area contributed by atoms with Gasteiger partial charge in [-0.25, -0.2) is 0 Å². The van der Waals surface area contributed by atoms with Crippen LogP contribution in [0.5, 0.6) is 5.75 Å². The van der Waals surface area contributed by atoms with E-state index in [4.69, 9.17) is 15.9 Å². The number of carbonyl (C=O) groups excluding carboxylic acids is 2. The minimum Gasteiger partial charge on any atom is -0.481 e. The Bertz CT molecular complexity index is 786. The van der Waals surface area contributed by atoms with Crippen LogP contribution in [-0.4, -0.2) is 25.0 Å². The number of ether oxygens (including phenoxy) is 2. The van der Waals surface area contributed by atoms with Gasteiger partial charge in [-0.05, 0) is 48.7 Å². The van der Waals surface area contributed by atoms with Crippen LogP contribution in [0, 0.1) is 12.3 Å². The van der Waals surface area contributed by atoms with E-state index in [0.717, 1.165) is 10.8 Å². The highest BCUT2D eigenvalue weighted by Crippen LogP contribution is 2.23. The van der Waals surface area contributed by atoms with E-state index in [1.807, 2.05) is 36.4 Å². The molecule has 0 atom stereocenters. The number of Topliss-reactive ketones (excluding diaryl/α,β-unsaturated/α-hetero) is 1. The largest absolute Gasteiger partial charge is 0.481 e. The Kier molecular flexibility index (Phi) is 7.03. The molecule has 2 rings (SSSR count). The first-order valence-corrected chi connectivity index (χ1v) is 8.43. The van der Waals surface area contributed by atoms with Crippen molar-refractivity contribution in [2.45, 2.75) is 32.6 Å². The van der Waals surface area contributed by atoms with Crippen LogP contribution in [0.3, 0.4) is 0 Å². The quantitative estimate of drug-likeness (QED) is 0.298. The summed E-state index contributed by atoms with van der Waals surface area (Å²) in [5.41, 5.74) is 0.681. The predicted octanol–water partition coefficient (Wildman–Crippen LogP) is 4.16. The molecule has 0 saturated carbocycles. The standard InChI is InChI=1S/C21H22O4/c1-3-13-25-19-12-11-16-14-18(10-9-17(16)15-19)20(22)7-5-6-8-21(23)24-4-2/h1,9-12,14-15H,4-8,13H2,2H3. The first-order chi connectivity index (χ1) is 12.1. The van der Waals surface area contributed by atoms with Gasteiger partial charge < -0.3 is 9.47 Å². The van der Waals surface area contributed by atoms with Gasteiger partial charge in [-0.2, -0.15) is 0 Å². The van der Waals surface area contributed by atoms with Gasteiger partial charge in [0.05, 0.1) is 6.61 Å². The second-order valence-electron chi connectivity index (χ2n) is 5.65. The molecule has 0 bridgehead atoms. The number of terminal acetylenes is 1. The van der Waals surface area contributed by atoms with E-state index in [-0.39, 0.29) is 18.4 Å². The molecular weight excluding hydrogens is 316 g/mol. The normalized spacial score (nSPS) is 10.2. The number of hydrogen-bond donors (Lipinski definition) is 0. The van der Waals surface area contributed by atoms with Crippen LogP contribution < -0.4 is 4.74 Å². The van der Waals surface area contributed by atoms with Crippen LogP contribution in [0.4, 0.5) is 0 Å². The molecule has 0 aliphatic rings. The zero-order valence-corrected chi connectivity index (χ0v) is 14.4. The molecular formula is C21H22O4. The molecule has 0 aliphatic heterocycles. The van der Waals surface area contributed by atoms with Gasteiger partial charge in [-0.15, -0.1) is 6.42 Å². The number of rotatable bonds is 9. The summed E-state index contributed by atoms with van der Waals surface area (Å²) in [4.78, 5) is 23.6. The van der Waals surface area contributed by atoms with Gasteiger partial charge in [-0.1, -0.05) is 24.1 Å². The summed E-state index contributed by atoms with van der Waals surface area (Å²) in [5.74, 6) is 3.02. The smallest absolute Gasteiger partial charge is 0.305 e. The van der Waals surface area contributed by atoms with Crippen molar-refractivity contribution in [3.05, 3.63) is 42.0 Å². The number of ketones is 1. The van der Waals surface area contributed by atoms with Crippen molar-refractivity contribution in [1.82, 2.24) is 0 Å². The van der Waals surface area contributed by atoms with Crippen molar-refractivity contribution in [1.29, 1.82) is 0 Å². The molecule has 0 spiro atoms. The third-order valence-corrected chi connectivity index (χ3v) is 3.80. The molecule has 2 aromatic rings. The predicted molar refractivity (Wildman–Crippen MR) is 97.7 cm³/mol. The van der Waals surface area contributed by atoms with Gasteiger partial charge >= 0.3 is 5.97 Å². The molecule has 0 radical (unpaired) electrons. The molecule has 0 fully saturated rings. The summed E-state index contributed by atoms with van der Waals surface area (Å²) < 4.78 is 10.3. The Balaban J connectivity index is 1.93. The van der Waals surface area contributed by atoms with Crippen LogP contribution in [0.1, 0.15) is 43.0 Å². The summed E-state index contributed by atoms with van der Waals surface area (Å²) in [6.07, 6.45) is 7.31. The van der Waals surface area contributed by atoms with E-state index >= 15 is 0 Å². The fourth-order valence-electron chi connectivity index (χ4n) is 2.54. The zero-order chi connectivity index (χ0) is 18.1. The topological polar surface area (TPSA) is 52.6 Å². The number of benzene rings is 2. The Morgan fingerprint density at radius 3 is 2.52 bits per heavy atom. The second kappa shape index (κ2) is 9.48. The van der Waals surface area contributed by atoms with Gasteiger partial charge in [0.25, 0.3) is 0 Å². The van der Waals surface area contributed by atoms with Crippen LogP contribution in [0.2, 0.25) is 0 Å². The van der Waals surface area contributed by atoms with Crippen LogP contribution in [0.15, 0.2) is 36.4 Å². The molecule has 0 N–H and O–H groups in total. The Labute approximate surface area is 148 Å². The third kappa shape index (κ3) is 5.65. The van der Waals surface area contributed by atoms with E-state index in [2.05, 4.69) is 5.92 Å². The van der Waals surface area contributed by atoms with Crippen LogP contribution >= 0.6 is 0 Å². The SMILES string of the molecule is C#CCOc1ccc2cc(C(=O)CCCCC(=O)OCC)ccc2c1. The first-order valence-electron chi connectivity index (χ1n) is 8.43. The highest BCUT2D eigenvalue weighted by molar-refractivity contribution is 6.00. The van der Waals surface area contributed by atoms with Gasteiger partial charge in [0.15, 0.2) is 5.78 Å². The average Bonchev–Trinajstić information content (AvgIpc) is 2.63.